The molecule has 2 N–H and O–H groups in total. The van der Waals surface area contributed by atoms with Gasteiger partial charge in [-0.25, -0.2) is 4.99 Å². The molecule has 1 fully saturated rings. The van der Waals surface area contributed by atoms with Gasteiger partial charge in [-0.15, -0.1) is 0 Å². The molecule has 6 heteroatoms. The maximum absolute atomic E-state index is 5.46. The minimum Gasteiger partial charge on any atom is -0.496 e. The van der Waals surface area contributed by atoms with Gasteiger partial charge in [0.1, 0.15) is 17.2 Å². The van der Waals surface area contributed by atoms with E-state index in [-0.39, 0.29) is 0 Å². The predicted octanol–water partition coefficient (Wildman–Crippen LogP) is 2.18. The number of nitrogens with one attached hydrogen (secondary N) is 2. The topological polar surface area (TPSA) is 64.1 Å². The Hall–Kier alpha value is -2.11. The predicted molar refractivity (Wildman–Crippen MR) is 91.6 cm³/mol. The van der Waals surface area contributed by atoms with Gasteiger partial charge in [0.2, 0.25) is 0 Å². The van der Waals surface area contributed by atoms with Crippen molar-refractivity contribution in [3.63, 3.8) is 0 Å². The summed E-state index contributed by atoms with van der Waals surface area (Å²) >= 11 is 0. The van der Waals surface area contributed by atoms with Gasteiger partial charge in [0.25, 0.3) is 0 Å². The summed E-state index contributed by atoms with van der Waals surface area (Å²) in [5, 5.41) is 6.65. The molecule has 6 nitrogen and oxygen atoms in total. The average Bonchev–Trinajstić information content (AvgIpc) is 3.40. The van der Waals surface area contributed by atoms with Gasteiger partial charge in [-0.1, -0.05) is 0 Å². The molecular formula is C17H27N3O3. The highest BCUT2D eigenvalue weighted by molar-refractivity contribution is 5.79. The standard InChI is InChI=1S/C17H27N3O3/c1-5-18-17(19-10-12-6-7-12)20-11-14-15(22-3)8-13(21-2)9-16(14)23-4/h8-9,12H,5-7,10-11H2,1-4H3,(H2,18,19,20). The van der Waals surface area contributed by atoms with Crippen molar-refractivity contribution in [3.8, 4) is 17.2 Å². The highest BCUT2D eigenvalue weighted by Crippen LogP contribution is 2.34. The SMILES string of the molecule is CCNC(=NCc1c(OC)cc(OC)cc1OC)NCC1CC1. The van der Waals surface area contributed by atoms with Gasteiger partial charge in [-0.05, 0) is 25.7 Å². The van der Waals surface area contributed by atoms with Crippen molar-refractivity contribution in [2.24, 2.45) is 10.9 Å². The summed E-state index contributed by atoms with van der Waals surface area (Å²) < 4.78 is 16.2. The number of methoxy groups -OCH3 is 3. The monoisotopic (exact) mass is 321 g/mol. The Balaban J connectivity index is 2.16. The fourth-order valence-electron chi connectivity index (χ4n) is 2.30. The second-order valence-electron chi connectivity index (χ2n) is 5.53. The molecule has 0 aliphatic heterocycles. The van der Waals surface area contributed by atoms with Gasteiger partial charge in [0.05, 0.1) is 33.4 Å². The third-order valence-corrected chi connectivity index (χ3v) is 3.81. The maximum Gasteiger partial charge on any atom is 0.191 e. The highest BCUT2D eigenvalue weighted by Gasteiger charge is 2.21. The normalized spacial score (nSPS) is 14.3. The second kappa shape index (κ2) is 8.50. The summed E-state index contributed by atoms with van der Waals surface area (Å²) in [5.41, 5.74) is 0.902. The second-order valence-corrected chi connectivity index (χ2v) is 5.53. The van der Waals surface area contributed by atoms with Crippen LogP contribution in [0.3, 0.4) is 0 Å². The summed E-state index contributed by atoms with van der Waals surface area (Å²) in [7, 11) is 4.90. The summed E-state index contributed by atoms with van der Waals surface area (Å²) in [6.07, 6.45) is 2.62. The van der Waals surface area contributed by atoms with Crippen LogP contribution >= 0.6 is 0 Å². The van der Waals surface area contributed by atoms with Crippen molar-refractivity contribution in [1.29, 1.82) is 0 Å². The number of rotatable bonds is 8. The molecule has 1 aliphatic rings. The zero-order valence-corrected chi connectivity index (χ0v) is 14.4. The van der Waals surface area contributed by atoms with Crippen LogP contribution in [0.5, 0.6) is 17.2 Å². The molecule has 0 heterocycles. The Bertz CT molecular complexity index is 517. The summed E-state index contributed by atoms with van der Waals surface area (Å²) in [4.78, 5) is 4.65. The Morgan fingerprint density at radius 2 is 1.74 bits per heavy atom. The van der Waals surface area contributed by atoms with Crippen LogP contribution in [0.25, 0.3) is 0 Å². The molecule has 0 saturated heterocycles. The van der Waals surface area contributed by atoms with Gasteiger partial charge in [-0.3, -0.25) is 0 Å². The van der Waals surface area contributed by atoms with E-state index in [9.17, 15) is 0 Å². The van der Waals surface area contributed by atoms with E-state index in [2.05, 4.69) is 22.5 Å². The number of benzene rings is 1. The van der Waals surface area contributed by atoms with E-state index in [1.54, 1.807) is 21.3 Å². The van der Waals surface area contributed by atoms with Crippen molar-refractivity contribution >= 4 is 5.96 Å². The molecule has 23 heavy (non-hydrogen) atoms. The van der Waals surface area contributed by atoms with Crippen LogP contribution < -0.4 is 24.8 Å². The molecule has 0 bridgehead atoms. The Labute approximate surface area is 138 Å². The minimum absolute atomic E-state index is 0.469. The zero-order chi connectivity index (χ0) is 16.7. The van der Waals surface area contributed by atoms with Gasteiger partial charge in [-0.2, -0.15) is 0 Å². The lowest BCUT2D eigenvalue weighted by Crippen LogP contribution is -2.38. The first-order chi connectivity index (χ1) is 11.2. The average molecular weight is 321 g/mol. The zero-order valence-electron chi connectivity index (χ0n) is 14.4. The molecule has 1 saturated carbocycles. The molecule has 2 rings (SSSR count). The van der Waals surface area contributed by atoms with Crippen LogP contribution in [0.15, 0.2) is 17.1 Å². The molecular weight excluding hydrogens is 294 g/mol. The first-order valence-electron chi connectivity index (χ1n) is 8.02. The van der Waals surface area contributed by atoms with Crippen molar-refractivity contribution in [1.82, 2.24) is 10.6 Å². The van der Waals surface area contributed by atoms with Gasteiger partial charge in [0.15, 0.2) is 5.96 Å². The minimum atomic E-state index is 0.469. The first kappa shape index (κ1) is 17.2. The molecule has 0 unspecified atom stereocenters. The quantitative estimate of drug-likeness (QED) is 0.567. The number of guanidine groups is 1. The largest absolute Gasteiger partial charge is 0.496 e. The van der Waals surface area contributed by atoms with Crippen LogP contribution in [0, 0.1) is 5.92 Å². The van der Waals surface area contributed by atoms with Crippen LogP contribution in [0.2, 0.25) is 0 Å². The number of aliphatic imine (C=N–C) groups is 1. The van der Waals surface area contributed by atoms with E-state index in [1.807, 2.05) is 12.1 Å². The third-order valence-electron chi connectivity index (χ3n) is 3.81. The van der Waals surface area contributed by atoms with Crippen molar-refractivity contribution < 1.29 is 14.2 Å². The Morgan fingerprint density at radius 3 is 2.22 bits per heavy atom. The molecule has 0 spiro atoms. The smallest absolute Gasteiger partial charge is 0.191 e. The molecule has 1 aliphatic carbocycles. The summed E-state index contributed by atoms with van der Waals surface area (Å²) in [6.45, 7) is 4.33. The molecule has 0 amide bonds. The highest BCUT2D eigenvalue weighted by atomic mass is 16.5. The number of ether oxygens (including phenoxy) is 3. The first-order valence-corrected chi connectivity index (χ1v) is 8.02. The maximum atomic E-state index is 5.46. The number of hydrogen-bond donors (Lipinski definition) is 2. The summed E-state index contributed by atoms with van der Waals surface area (Å²) in [6, 6.07) is 3.69. The van der Waals surface area contributed by atoms with Gasteiger partial charge in [0, 0.05) is 25.2 Å². The molecule has 1 aromatic rings. The lowest BCUT2D eigenvalue weighted by molar-refractivity contribution is 0.369. The molecule has 0 radical (unpaired) electrons. The van der Waals surface area contributed by atoms with E-state index in [0.717, 1.165) is 30.5 Å². The third kappa shape index (κ3) is 4.94. The van der Waals surface area contributed by atoms with Crippen LogP contribution in [0.1, 0.15) is 25.3 Å². The van der Waals surface area contributed by atoms with E-state index in [0.29, 0.717) is 23.8 Å². The molecule has 128 valence electrons. The molecule has 0 aromatic heterocycles. The lowest BCUT2D eigenvalue weighted by Gasteiger charge is -2.15. The fraction of sp³-hybridized carbons (Fsp3) is 0.588. The van der Waals surface area contributed by atoms with E-state index < -0.39 is 0 Å². The van der Waals surface area contributed by atoms with Crippen molar-refractivity contribution in [3.05, 3.63) is 17.7 Å². The van der Waals surface area contributed by atoms with E-state index in [1.165, 1.54) is 12.8 Å². The van der Waals surface area contributed by atoms with Gasteiger partial charge >= 0.3 is 0 Å². The molecule has 1 aromatic carbocycles. The van der Waals surface area contributed by atoms with Gasteiger partial charge < -0.3 is 24.8 Å². The van der Waals surface area contributed by atoms with Crippen LogP contribution in [0.4, 0.5) is 0 Å². The van der Waals surface area contributed by atoms with Crippen molar-refractivity contribution in [2.75, 3.05) is 34.4 Å². The summed E-state index contributed by atoms with van der Waals surface area (Å²) in [5.74, 6) is 3.74. The molecule has 0 atom stereocenters. The van der Waals surface area contributed by atoms with Crippen LogP contribution in [-0.4, -0.2) is 40.4 Å². The van der Waals surface area contributed by atoms with E-state index >= 15 is 0 Å². The van der Waals surface area contributed by atoms with Crippen molar-refractivity contribution in [2.45, 2.75) is 26.3 Å². The Morgan fingerprint density at radius 1 is 1.09 bits per heavy atom. The lowest BCUT2D eigenvalue weighted by atomic mass is 10.1. The number of hydrogen-bond acceptors (Lipinski definition) is 4. The van der Waals surface area contributed by atoms with Crippen LogP contribution in [-0.2, 0) is 6.54 Å². The number of nitrogens with zero attached hydrogens (tertiary/aromatic N) is 1. The Kier molecular flexibility index (Phi) is 6.38. The van der Waals surface area contributed by atoms with E-state index in [4.69, 9.17) is 14.2 Å². The fourth-order valence-corrected chi connectivity index (χ4v) is 2.30.